The Labute approximate surface area is 165 Å². The van der Waals surface area contributed by atoms with Gasteiger partial charge in [0.25, 0.3) is 0 Å². The Morgan fingerprint density at radius 3 is 2.82 bits per heavy atom. The van der Waals surface area contributed by atoms with Crippen LogP contribution in [0, 0.1) is 0 Å². The average Bonchev–Trinajstić information content (AvgIpc) is 3.09. The topological polar surface area (TPSA) is 87.8 Å². The summed E-state index contributed by atoms with van der Waals surface area (Å²) in [4.78, 5) is 14.2. The third-order valence-corrected chi connectivity index (χ3v) is 4.81. The van der Waals surface area contributed by atoms with Crippen molar-refractivity contribution in [1.82, 2.24) is 15.4 Å². The Kier molecular flexibility index (Phi) is 7.19. The lowest BCUT2D eigenvalue weighted by Crippen LogP contribution is -2.46. The Morgan fingerprint density at radius 2 is 2.07 bits per heavy atom. The van der Waals surface area contributed by atoms with Gasteiger partial charge in [-0.25, -0.2) is 0 Å². The van der Waals surface area contributed by atoms with Crippen LogP contribution in [0.2, 0.25) is 0 Å². The van der Waals surface area contributed by atoms with E-state index in [0.717, 1.165) is 23.4 Å². The lowest BCUT2D eigenvalue weighted by molar-refractivity contribution is -0.128. The second-order valence-electron chi connectivity index (χ2n) is 7.63. The maximum Gasteiger partial charge on any atom is 0.224 e. The molecule has 2 aromatic rings. The third kappa shape index (κ3) is 6.15. The number of carbonyl (C=O) groups excluding carboxylic acids is 1. The Bertz CT molecular complexity index is 747. The molecule has 7 nitrogen and oxygen atoms in total. The summed E-state index contributed by atoms with van der Waals surface area (Å²) >= 11 is 0. The molecule has 28 heavy (non-hydrogen) atoms. The van der Waals surface area contributed by atoms with Gasteiger partial charge in [0.15, 0.2) is 5.76 Å². The molecule has 1 aliphatic heterocycles. The number of aliphatic hydroxyl groups is 1. The number of benzene rings is 1. The highest BCUT2D eigenvalue weighted by atomic mass is 16.5. The van der Waals surface area contributed by atoms with E-state index in [-0.39, 0.29) is 12.0 Å². The normalized spacial score (nSPS) is 22.4. The highest BCUT2D eigenvalue weighted by molar-refractivity contribution is 5.78. The zero-order valence-corrected chi connectivity index (χ0v) is 16.5. The van der Waals surface area contributed by atoms with Gasteiger partial charge < -0.3 is 24.6 Å². The Morgan fingerprint density at radius 1 is 1.29 bits per heavy atom. The number of amides is 1. The minimum Gasteiger partial charge on any atom is -0.390 e. The molecule has 1 fully saturated rings. The molecule has 2 N–H and O–H groups in total. The molecule has 3 unspecified atom stereocenters. The number of hydrogen-bond donors (Lipinski definition) is 2. The van der Waals surface area contributed by atoms with Crippen LogP contribution in [0.3, 0.4) is 0 Å². The summed E-state index contributed by atoms with van der Waals surface area (Å²) in [6.07, 6.45) is 1.33. The summed E-state index contributed by atoms with van der Waals surface area (Å²) < 4.78 is 11.4. The van der Waals surface area contributed by atoms with Crippen LogP contribution < -0.4 is 5.32 Å². The molecular formula is C21H29N3O4. The van der Waals surface area contributed by atoms with Gasteiger partial charge in [-0.1, -0.05) is 35.5 Å². The lowest BCUT2D eigenvalue weighted by Gasteiger charge is -2.33. The van der Waals surface area contributed by atoms with Crippen LogP contribution in [0.15, 0.2) is 40.9 Å². The Balaban J connectivity index is 1.47. The summed E-state index contributed by atoms with van der Waals surface area (Å²) in [5.41, 5.74) is 1.81. The van der Waals surface area contributed by atoms with Gasteiger partial charge in [0.05, 0.1) is 30.9 Å². The average molecular weight is 387 g/mol. The van der Waals surface area contributed by atoms with E-state index in [1.165, 1.54) is 0 Å². The Hall–Kier alpha value is -2.22. The fraction of sp³-hybridized carbons (Fsp3) is 0.524. The lowest BCUT2D eigenvalue weighted by atomic mass is 9.98. The predicted octanol–water partition coefficient (Wildman–Crippen LogP) is 1.55. The fourth-order valence-electron chi connectivity index (χ4n) is 3.41. The maximum atomic E-state index is 12.2. The van der Waals surface area contributed by atoms with Crippen molar-refractivity contribution in [3.8, 4) is 0 Å². The number of aliphatic hydroxyl groups excluding tert-OH is 1. The van der Waals surface area contributed by atoms with E-state index in [1.54, 1.807) is 0 Å². The van der Waals surface area contributed by atoms with E-state index >= 15 is 0 Å². The van der Waals surface area contributed by atoms with Crippen molar-refractivity contribution in [3.05, 3.63) is 53.4 Å². The zero-order valence-electron chi connectivity index (χ0n) is 16.5. The van der Waals surface area contributed by atoms with Crippen LogP contribution in [-0.2, 0) is 28.9 Å². The summed E-state index contributed by atoms with van der Waals surface area (Å²) in [6.45, 7) is 1.00. The number of rotatable bonds is 8. The summed E-state index contributed by atoms with van der Waals surface area (Å²) in [5, 5.41) is 17.2. The number of nitrogens with one attached hydrogen (secondary N) is 1. The van der Waals surface area contributed by atoms with Crippen molar-refractivity contribution in [1.29, 1.82) is 0 Å². The monoisotopic (exact) mass is 387 g/mol. The van der Waals surface area contributed by atoms with Crippen LogP contribution in [0.25, 0.3) is 0 Å². The highest BCUT2D eigenvalue weighted by Crippen LogP contribution is 2.22. The second kappa shape index (κ2) is 9.82. The van der Waals surface area contributed by atoms with E-state index in [2.05, 4.69) is 10.5 Å². The van der Waals surface area contributed by atoms with Gasteiger partial charge >= 0.3 is 0 Å². The standard InChI is InChI=1S/C21H29N3O4/c1-24(2)14-18-12-16(23-28-18)11-17-8-9-19(25)20(27-17)13-22-21(26)10-15-6-4-3-5-7-15/h3-7,12,17,19-20,25H,8-11,13-14H2,1-2H3,(H,22,26). The van der Waals surface area contributed by atoms with E-state index in [0.29, 0.717) is 32.4 Å². The van der Waals surface area contributed by atoms with Gasteiger partial charge in [-0.15, -0.1) is 0 Å². The fourth-order valence-corrected chi connectivity index (χ4v) is 3.41. The van der Waals surface area contributed by atoms with E-state index in [4.69, 9.17) is 9.26 Å². The molecule has 3 atom stereocenters. The SMILES string of the molecule is CN(C)Cc1cc(CC2CCC(O)C(CNC(=O)Cc3ccccc3)O2)no1. The van der Waals surface area contributed by atoms with E-state index in [1.807, 2.05) is 55.4 Å². The van der Waals surface area contributed by atoms with Crippen LogP contribution in [0.1, 0.15) is 29.9 Å². The zero-order chi connectivity index (χ0) is 19.9. The number of nitrogens with zero attached hydrogens (tertiary/aromatic N) is 2. The molecule has 1 aromatic carbocycles. The summed E-state index contributed by atoms with van der Waals surface area (Å²) in [5.74, 6) is 0.745. The molecule has 2 heterocycles. The maximum absolute atomic E-state index is 12.2. The summed E-state index contributed by atoms with van der Waals surface area (Å²) in [7, 11) is 3.95. The minimum absolute atomic E-state index is 0.0447. The summed E-state index contributed by atoms with van der Waals surface area (Å²) in [6, 6.07) is 11.5. The molecule has 0 spiro atoms. The van der Waals surface area contributed by atoms with Crippen LogP contribution in [0.5, 0.6) is 0 Å². The molecule has 1 amide bonds. The van der Waals surface area contributed by atoms with Gasteiger partial charge in [0.2, 0.25) is 5.91 Å². The van der Waals surface area contributed by atoms with Crippen LogP contribution >= 0.6 is 0 Å². The van der Waals surface area contributed by atoms with Crippen molar-refractivity contribution in [3.63, 3.8) is 0 Å². The van der Waals surface area contributed by atoms with Crippen LogP contribution in [0.4, 0.5) is 0 Å². The van der Waals surface area contributed by atoms with Crippen molar-refractivity contribution < 1.29 is 19.2 Å². The van der Waals surface area contributed by atoms with Crippen molar-refractivity contribution in [2.24, 2.45) is 0 Å². The van der Waals surface area contributed by atoms with E-state index in [9.17, 15) is 9.90 Å². The number of ether oxygens (including phenoxy) is 1. The molecule has 1 saturated heterocycles. The first-order chi connectivity index (χ1) is 13.5. The predicted molar refractivity (Wildman–Crippen MR) is 105 cm³/mol. The number of carbonyl (C=O) groups is 1. The first-order valence-corrected chi connectivity index (χ1v) is 9.73. The van der Waals surface area contributed by atoms with Gasteiger partial charge in [-0.05, 0) is 32.5 Å². The van der Waals surface area contributed by atoms with Gasteiger partial charge in [-0.3, -0.25) is 4.79 Å². The number of aromatic nitrogens is 1. The molecule has 7 heteroatoms. The molecule has 1 aliphatic rings. The molecular weight excluding hydrogens is 358 g/mol. The molecule has 152 valence electrons. The second-order valence-corrected chi connectivity index (χ2v) is 7.63. The largest absolute Gasteiger partial charge is 0.390 e. The molecule has 0 bridgehead atoms. The van der Waals surface area contributed by atoms with Crippen molar-refractivity contribution in [2.45, 2.75) is 50.5 Å². The van der Waals surface area contributed by atoms with Gasteiger partial charge in [-0.2, -0.15) is 0 Å². The molecule has 1 aromatic heterocycles. The molecule has 0 saturated carbocycles. The molecule has 3 rings (SSSR count). The smallest absolute Gasteiger partial charge is 0.224 e. The third-order valence-electron chi connectivity index (χ3n) is 4.81. The van der Waals surface area contributed by atoms with Crippen LogP contribution in [-0.4, -0.2) is 60.0 Å². The van der Waals surface area contributed by atoms with Gasteiger partial charge in [0, 0.05) is 19.0 Å². The molecule has 0 radical (unpaired) electrons. The minimum atomic E-state index is -0.574. The molecule has 0 aliphatic carbocycles. The van der Waals surface area contributed by atoms with E-state index < -0.39 is 12.2 Å². The quantitative estimate of drug-likeness (QED) is 0.715. The first kappa shape index (κ1) is 20.5. The van der Waals surface area contributed by atoms with Crippen molar-refractivity contribution in [2.75, 3.05) is 20.6 Å². The van der Waals surface area contributed by atoms with Crippen molar-refractivity contribution >= 4 is 5.91 Å². The number of hydrogen-bond acceptors (Lipinski definition) is 6. The highest BCUT2D eigenvalue weighted by Gasteiger charge is 2.30. The van der Waals surface area contributed by atoms with Gasteiger partial charge in [0.1, 0.15) is 6.10 Å². The first-order valence-electron chi connectivity index (χ1n) is 9.73.